The fourth-order valence-corrected chi connectivity index (χ4v) is 2.77. The van der Waals surface area contributed by atoms with E-state index in [2.05, 4.69) is 27.8 Å². The van der Waals surface area contributed by atoms with Crippen LogP contribution in [-0.2, 0) is 4.79 Å². The Bertz CT molecular complexity index is 627. The first kappa shape index (κ1) is 13.6. The average molecular weight is 281 g/mol. The van der Waals surface area contributed by atoms with Gasteiger partial charge in [-0.2, -0.15) is 0 Å². The van der Waals surface area contributed by atoms with Gasteiger partial charge < -0.3 is 10.6 Å². The minimum atomic E-state index is -0.0664. The van der Waals surface area contributed by atoms with E-state index in [-0.39, 0.29) is 17.9 Å². The zero-order valence-corrected chi connectivity index (χ0v) is 12.0. The third kappa shape index (κ3) is 3.05. The second-order valence-electron chi connectivity index (χ2n) is 5.41. The van der Waals surface area contributed by atoms with Gasteiger partial charge in [0, 0.05) is 30.8 Å². The lowest BCUT2D eigenvalue weighted by Crippen LogP contribution is -2.28. The lowest BCUT2D eigenvalue weighted by molar-refractivity contribution is -0.122. The first-order valence-corrected chi connectivity index (χ1v) is 7.27. The molecule has 0 saturated carbocycles. The number of hydrogen-bond donors (Lipinski definition) is 2. The van der Waals surface area contributed by atoms with Crippen molar-refractivity contribution in [1.82, 2.24) is 10.3 Å². The molecule has 4 nitrogen and oxygen atoms in total. The van der Waals surface area contributed by atoms with E-state index >= 15 is 0 Å². The van der Waals surface area contributed by atoms with Crippen molar-refractivity contribution in [1.29, 1.82) is 0 Å². The van der Waals surface area contributed by atoms with Crippen LogP contribution in [0.15, 0.2) is 48.7 Å². The second-order valence-corrected chi connectivity index (χ2v) is 5.41. The van der Waals surface area contributed by atoms with Gasteiger partial charge in [-0.15, -0.1) is 0 Å². The largest absolute Gasteiger partial charge is 0.384 e. The summed E-state index contributed by atoms with van der Waals surface area (Å²) in [5.41, 5.74) is 3.27. The highest BCUT2D eigenvalue weighted by atomic mass is 16.1. The summed E-state index contributed by atoms with van der Waals surface area (Å²) in [6.45, 7) is 2.78. The van der Waals surface area contributed by atoms with Crippen LogP contribution in [0, 0.1) is 0 Å². The average Bonchev–Trinajstić information content (AvgIpc) is 2.91. The van der Waals surface area contributed by atoms with Crippen LogP contribution in [0.5, 0.6) is 0 Å². The monoisotopic (exact) mass is 281 g/mol. The summed E-state index contributed by atoms with van der Waals surface area (Å²) >= 11 is 0. The molecule has 1 aromatic heterocycles. The van der Waals surface area contributed by atoms with E-state index in [1.54, 1.807) is 6.20 Å². The van der Waals surface area contributed by atoms with Crippen LogP contribution in [0.25, 0.3) is 0 Å². The predicted octanol–water partition coefficient (Wildman–Crippen LogP) is 2.86. The van der Waals surface area contributed by atoms with Gasteiger partial charge in [-0.1, -0.05) is 24.3 Å². The third-order valence-electron chi connectivity index (χ3n) is 3.88. The number of carbonyl (C=O) groups excluding carboxylic acids is 1. The SMILES string of the molecule is CC(NC(=O)CC1CNc2ccccc21)c1ccccn1. The standard InChI is InChI=1S/C17H19N3O/c1-12(15-7-4-5-9-18-15)20-17(21)10-13-11-19-16-8-3-2-6-14(13)16/h2-9,12-13,19H,10-11H2,1H3,(H,20,21). The van der Waals surface area contributed by atoms with Crippen molar-refractivity contribution >= 4 is 11.6 Å². The molecule has 1 aliphatic rings. The molecular weight excluding hydrogens is 262 g/mol. The molecule has 108 valence electrons. The van der Waals surface area contributed by atoms with Crippen molar-refractivity contribution in [3.05, 3.63) is 59.9 Å². The molecule has 2 N–H and O–H groups in total. The molecule has 0 saturated heterocycles. The van der Waals surface area contributed by atoms with Crippen molar-refractivity contribution in [2.75, 3.05) is 11.9 Å². The van der Waals surface area contributed by atoms with Gasteiger partial charge in [0.05, 0.1) is 11.7 Å². The molecule has 3 rings (SSSR count). The van der Waals surface area contributed by atoms with Gasteiger partial charge in [0.1, 0.15) is 0 Å². The van der Waals surface area contributed by atoms with E-state index < -0.39 is 0 Å². The summed E-state index contributed by atoms with van der Waals surface area (Å²) in [7, 11) is 0. The Labute approximate surface area is 124 Å². The number of carbonyl (C=O) groups is 1. The number of benzene rings is 1. The van der Waals surface area contributed by atoms with Crippen LogP contribution in [-0.4, -0.2) is 17.4 Å². The molecule has 2 unspecified atom stereocenters. The van der Waals surface area contributed by atoms with E-state index in [0.29, 0.717) is 6.42 Å². The van der Waals surface area contributed by atoms with Gasteiger partial charge in [-0.05, 0) is 30.7 Å². The van der Waals surface area contributed by atoms with Crippen molar-refractivity contribution in [2.45, 2.75) is 25.3 Å². The number of nitrogens with one attached hydrogen (secondary N) is 2. The number of amides is 1. The van der Waals surface area contributed by atoms with E-state index in [1.807, 2.05) is 37.3 Å². The van der Waals surface area contributed by atoms with E-state index in [1.165, 1.54) is 5.56 Å². The topological polar surface area (TPSA) is 54.0 Å². The zero-order valence-electron chi connectivity index (χ0n) is 12.0. The third-order valence-corrected chi connectivity index (χ3v) is 3.88. The second kappa shape index (κ2) is 5.95. The van der Waals surface area contributed by atoms with Crippen LogP contribution in [0.3, 0.4) is 0 Å². The quantitative estimate of drug-likeness (QED) is 0.906. The lowest BCUT2D eigenvalue weighted by Gasteiger charge is -2.15. The highest BCUT2D eigenvalue weighted by Crippen LogP contribution is 2.33. The van der Waals surface area contributed by atoms with Crippen LogP contribution in [0.4, 0.5) is 5.69 Å². The predicted molar refractivity (Wildman–Crippen MR) is 83.1 cm³/mol. The maximum Gasteiger partial charge on any atom is 0.221 e. The van der Waals surface area contributed by atoms with Crippen LogP contribution in [0.1, 0.15) is 36.6 Å². The summed E-state index contributed by atoms with van der Waals surface area (Å²) in [5.74, 6) is 0.314. The van der Waals surface area contributed by atoms with Gasteiger partial charge in [-0.3, -0.25) is 9.78 Å². The number of hydrogen-bond acceptors (Lipinski definition) is 3. The molecule has 21 heavy (non-hydrogen) atoms. The maximum atomic E-state index is 12.2. The fraction of sp³-hybridized carbons (Fsp3) is 0.294. The van der Waals surface area contributed by atoms with Crippen molar-refractivity contribution in [3.8, 4) is 0 Å². The molecule has 2 heterocycles. The number of pyridine rings is 1. The first-order chi connectivity index (χ1) is 10.2. The smallest absolute Gasteiger partial charge is 0.221 e. The van der Waals surface area contributed by atoms with Crippen molar-refractivity contribution in [3.63, 3.8) is 0 Å². The van der Waals surface area contributed by atoms with Crippen LogP contribution >= 0.6 is 0 Å². The molecule has 1 amide bonds. The summed E-state index contributed by atoms with van der Waals surface area (Å²) in [5, 5.41) is 6.37. The Balaban J connectivity index is 1.61. The Morgan fingerprint density at radius 3 is 2.95 bits per heavy atom. The summed E-state index contributed by atoms with van der Waals surface area (Å²) in [6, 6.07) is 13.9. The molecule has 0 fully saturated rings. The number of aromatic nitrogens is 1. The highest BCUT2D eigenvalue weighted by molar-refractivity contribution is 5.78. The molecule has 0 aliphatic carbocycles. The zero-order chi connectivity index (χ0) is 14.7. The number of fused-ring (bicyclic) bond motifs is 1. The van der Waals surface area contributed by atoms with Crippen LogP contribution < -0.4 is 10.6 Å². The first-order valence-electron chi connectivity index (χ1n) is 7.27. The number of rotatable bonds is 4. The normalized spacial score (nSPS) is 17.7. The van der Waals surface area contributed by atoms with Gasteiger partial charge in [0.2, 0.25) is 5.91 Å². The fourth-order valence-electron chi connectivity index (χ4n) is 2.77. The number of nitrogens with zero attached hydrogens (tertiary/aromatic N) is 1. The van der Waals surface area contributed by atoms with Gasteiger partial charge in [0.25, 0.3) is 0 Å². The Morgan fingerprint density at radius 2 is 2.14 bits per heavy atom. The lowest BCUT2D eigenvalue weighted by atomic mass is 9.97. The maximum absolute atomic E-state index is 12.2. The number of para-hydroxylation sites is 1. The molecule has 2 aromatic rings. The van der Waals surface area contributed by atoms with Gasteiger partial charge >= 0.3 is 0 Å². The molecule has 1 aliphatic heterocycles. The molecule has 4 heteroatoms. The molecule has 0 spiro atoms. The Hall–Kier alpha value is -2.36. The molecular formula is C17H19N3O. The molecule has 0 radical (unpaired) electrons. The van der Waals surface area contributed by atoms with Crippen molar-refractivity contribution in [2.24, 2.45) is 0 Å². The highest BCUT2D eigenvalue weighted by Gasteiger charge is 2.24. The van der Waals surface area contributed by atoms with E-state index in [9.17, 15) is 4.79 Å². The molecule has 0 bridgehead atoms. The van der Waals surface area contributed by atoms with E-state index in [0.717, 1.165) is 17.9 Å². The van der Waals surface area contributed by atoms with E-state index in [4.69, 9.17) is 0 Å². The minimum absolute atomic E-state index is 0.0663. The summed E-state index contributed by atoms with van der Waals surface area (Å²) < 4.78 is 0. The van der Waals surface area contributed by atoms with Gasteiger partial charge in [-0.25, -0.2) is 0 Å². The minimum Gasteiger partial charge on any atom is -0.384 e. The number of anilines is 1. The Kier molecular flexibility index (Phi) is 3.86. The summed E-state index contributed by atoms with van der Waals surface area (Å²) in [4.78, 5) is 16.5. The summed E-state index contributed by atoms with van der Waals surface area (Å²) in [6.07, 6.45) is 2.25. The van der Waals surface area contributed by atoms with Crippen LogP contribution in [0.2, 0.25) is 0 Å². The van der Waals surface area contributed by atoms with Crippen molar-refractivity contribution < 1.29 is 4.79 Å². The molecule has 1 aromatic carbocycles. The molecule has 2 atom stereocenters. The Morgan fingerprint density at radius 1 is 1.33 bits per heavy atom. The van der Waals surface area contributed by atoms with Gasteiger partial charge in [0.15, 0.2) is 0 Å².